The average molecular weight is 258 g/mol. The Bertz CT molecular complexity index is 365. The highest BCUT2D eigenvalue weighted by molar-refractivity contribution is 6.42. The predicted molar refractivity (Wildman–Crippen MR) is 70.1 cm³/mol. The van der Waals surface area contributed by atoms with E-state index in [4.69, 9.17) is 28.9 Å². The number of nitrogens with two attached hydrogens (primary N) is 1. The second-order valence-electron chi connectivity index (χ2n) is 4.63. The third-order valence-electron chi connectivity index (χ3n) is 3.48. The molecule has 3 heteroatoms. The lowest BCUT2D eigenvalue weighted by Crippen LogP contribution is -2.34. The van der Waals surface area contributed by atoms with Crippen LogP contribution >= 0.6 is 23.2 Å². The Morgan fingerprint density at radius 2 is 1.94 bits per heavy atom. The molecule has 0 aliphatic heterocycles. The lowest BCUT2D eigenvalue weighted by Gasteiger charge is -2.28. The SMILES string of the molecule is NC1CCCCC1Cc1cccc(Cl)c1Cl. The van der Waals surface area contributed by atoms with Gasteiger partial charge in [-0.05, 0) is 36.8 Å². The van der Waals surface area contributed by atoms with E-state index in [0.29, 0.717) is 22.0 Å². The molecule has 0 saturated heterocycles. The largest absolute Gasteiger partial charge is 0.327 e. The van der Waals surface area contributed by atoms with Crippen LogP contribution in [0.15, 0.2) is 18.2 Å². The third-order valence-corrected chi connectivity index (χ3v) is 4.34. The maximum atomic E-state index is 6.19. The molecule has 0 spiro atoms. The summed E-state index contributed by atoms with van der Waals surface area (Å²) in [6, 6.07) is 6.16. The molecule has 2 atom stereocenters. The van der Waals surface area contributed by atoms with E-state index in [1.54, 1.807) is 0 Å². The first-order chi connectivity index (χ1) is 7.68. The minimum absolute atomic E-state index is 0.323. The van der Waals surface area contributed by atoms with Crippen molar-refractivity contribution in [3.05, 3.63) is 33.8 Å². The van der Waals surface area contributed by atoms with Crippen LogP contribution in [-0.2, 0) is 6.42 Å². The van der Waals surface area contributed by atoms with Crippen LogP contribution in [0.3, 0.4) is 0 Å². The van der Waals surface area contributed by atoms with Gasteiger partial charge in [0.2, 0.25) is 0 Å². The smallest absolute Gasteiger partial charge is 0.0624 e. The van der Waals surface area contributed by atoms with Crippen molar-refractivity contribution in [2.24, 2.45) is 11.7 Å². The second kappa shape index (κ2) is 5.39. The Hall–Kier alpha value is -0.240. The fourth-order valence-electron chi connectivity index (χ4n) is 2.48. The highest BCUT2D eigenvalue weighted by atomic mass is 35.5. The molecule has 1 nitrogen and oxygen atoms in total. The number of hydrogen-bond acceptors (Lipinski definition) is 1. The molecule has 0 aromatic heterocycles. The van der Waals surface area contributed by atoms with Gasteiger partial charge in [-0.2, -0.15) is 0 Å². The molecule has 1 aliphatic rings. The van der Waals surface area contributed by atoms with Crippen LogP contribution < -0.4 is 5.73 Å². The van der Waals surface area contributed by atoms with Crippen LogP contribution in [0.4, 0.5) is 0 Å². The monoisotopic (exact) mass is 257 g/mol. The van der Waals surface area contributed by atoms with Crippen molar-refractivity contribution in [2.75, 3.05) is 0 Å². The van der Waals surface area contributed by atoms with E-state index in [0.717, 1.165) is 18.4 Å². The van der Waals surface area contributed by atoms with Gasteiger partial charge in [-0.3, -0.25) is 0 Å². The van der Waals surface area contributed by atoms with Crippen LogP contribution in [0, 0.1) is 5.92 Å². The Balaban J connectivity index is 2.10. The summed E-state index contributed by atoms with van der Waals surface area (Å²) in [6.07, 6.45) is 5.87. The minimum Gasteiger partial charge on any atom is -0.327 e. The van der Waals surface area contributed by atoms with Crippen molar-refractivity contribution in [2.45, 2.75) is 38.1 Å². The summed E-state index contributed by atoms with van der Waals surface area (Å²) in [5.74, 6) is 0.560. The lowest BCUT2D eigenvalue weighted by molar-refractivity contribution is 0.306. The van der Waals surface area contributed by atoms with Gasteiger partial charge >= 0.3 is 0 Å². The van der Waals surface area contributed by atoms with Crippen LogP contribution in [-0.4, -0.2) is 6.04 Å². The molecule has 0 bridgehead atoms. The molecule has 1 aromatic carbocycles. The molecule has 1 aliphatic carbocycles. The van der Waals surface area contributed by atoms with Crippen LogP contribution in [0.5, 0.6) is 0 Å². The van der Waals surface area contributed by atoms with E-state index < -0.39 is 0 Å². The summed E-state index contributed by atoms with van der Waals surface area (Å²) in [7, 11) is 0. The topological polar surface area (TPSA) is 26.0 Å². The van der Waals surface area contributed by atoms with Gasteiger partial charge in [0.05, 0.1) is 10.0 Å². The van der Waals surface area contributed by atoms with E-state index in [2.05, 4.69) is 6.07 Å². The van der Waals surface area contributed by atoms with Gasteiger partial charge in [0, 0.05) is 6.04 Å². The molecule has 2 rings (SSSR count). The van der Waals surface area contributed by atoms with Gasteiger partial charge in [0.25, 0.3) is 0 Å². The zero-order valence-corrected chi connectivity index (χ0v) is 10.8. The molecular formula is C13H17Cl2N. The fraction of sp³-hybridized carbons (Fsp3) is 0.538. The van der Waals surface area contributed by atoms with E-state index >= 15 is 0 Å². The minimum atomic E-state index is 0.323. The Kier molecular flexibility index (Phi) is 4.12. The number of rotatable bonds is 2. The average Bonchev–Trinajstić information content (AvgIpc) is 2.28. The highest BCUT2D eigenvalue weighted by Crippen LogP contribution is 2.31. The second-order valence-corrected chi connectivity index (χ2v) is 5.41. The van der Waals surface area contributed by atoms with Crippen LogP contribution in [0.2, 0.25) is 10.0 Å². The summed E-state index contributed by atoms with van der Waals surface area (Å²) >= 11 is 12.2. The van der Waals surface area contributed by atoms with Crippen molar-refractivity contribution in [3.8, 4) is 0 Å². The quantitative estimate of drug-likeness (QED) is 0.850. The van der Waals surface area contributed by atoms with Crippen LogP contribution in [0.1, 0.15) is 31.2 Å². The standard InChI is InChI=1S/C13H17Cl2N/c14-11-6-3-5-10(13(11)15)8-9-4-1-2-7-12(9)16/h3,5-6,9,12H,1-2,4,7-8,16H2. The number of halogens is 2. The van der Waals surface area contributed by atoms with Gasteiger partial charge < -0.3 is 5.73 Å². The third kappa shape index (κ3) is 2.71. The van der Waals surface area contributed by atoms with Gasteiger partial charge in [-0.1, -0.05) is 48.2 Å². The van der Waals surface area contributed by atoms with Gasteiger partial charge in [-0.15, -0.1) is 0 Å². The first-order valence-electron chi connectivity index (χ1n) is 5.87. The van der Waals surface area contributed by atoms with Gasteiger partial charge in [0.1, 0.15) is 0 Å². The summed E-state index contributed by atoms with van der Waals surface area (Å²) in [4.78, 5) is 0. The molecule has 1 saturated carbocycles. The molecule has 2 unspecified atom stereocenters. The summed E-state index contributed by atoms with van der Waals surface area (Å²) in [5, 5.41) is 1.34. The van der Waals surface area contributed by atoms with Crippen LogP contribution in [0.25, 0.3) is 0 Å². The van der Waals surface area contributed by atoms with E-state index in [9.17, 15) is 0 Å². The molecule has 88 valence electrons. The zero-order valence-electron chi connectivity index (χ0n) is 9.26. The predicted octanol–water partition coefficient (Wildman–Crippen LogP) is 4.05. The Morgan fingerprint density at radius 3 is 2.69 bits per heavy atom. The summed E-state index contributed by atoms with van der Waals surface area (Å²) in [6.45, 7) is 0. The molecule has 0 heterocycles. The van der Waals surface area contributed by atoms with Gasteiger partial charge in [0.15, 0.2) is 0 Å². The van der Waals surface area contributed by atoms with Crippen molar-refractivity contribution >= 4 is 23.2 Å². The van der Waals surface area contributed by atoms with E-state index in [1.807, 2.05) is 12.1 Å². The highest BCUT2D eigenvalue weighted by Gasteiger charge is 2.22. The molecular weight excluding hydrogens is 241 g/mol. The fourth-order valence-corrected chi connectivity index (χ4v) is 2.88. The molecule has 0 amide bonds. The molecule has 0 radical (unpaired) electrons. The normalized spacial score (nSPS) is 25.7. The summed E-state index contributed by atoms with van der Waals surface area (Å²) in [5.41, 5.74) is 7.27. The number of hydrogen-bond donors (Lipinski definition) is 1. The molecule has 1 fully saturated rings. The van der Waals surface area contributed by atoms with Gasteiger partial charge in [-0.25, -0.2) is 0 Å². The lowest BCUT2D eigenvalue weighted by atomic mass is 9.81. The zero-order chi connectivity index (χ0) is 11.5. The van der Waals surface area contributed by atoms with Crippen molar-refractivity contribution in [1.29, 1.82) is 0 Å². The number of benzene rings is 1. The molecule has 2 N–H and O–H groups in total. The van der Waals surface area contributed by atoms with Crippen molar-refractivity contribution < 1.29 is 0 Å². The summed E-state index contributed by atoms with van der Waals surface area (Å²) < 4.78 is 0. The van der Waals surface area contributed by atoms with Crippen molar-refractivity contribution in [3.63, 3.8) is 0 Å². The first-order valence-corrected chi connectivity index (χ1v) is 6.62. The maximum Gasteiger partial charge on any atom is 0.0624 e. The maximum absolute atomic E-state index is 6.19. The Labute approximate surface area is 107 Å². The van der Waals surface area contributed by atoms with E-state index in [1.165, 1.54) is 19.3 Å². The van der Waals surface area contributed by atoms with E-state index in [-0.39, 0.29) is 0 Å². The Morgan fingerprint density at radius 1 is 1.19 bits per heavy atom. The van der Waals surface area contributed by atoms with Crippen molar-refractivity contribution in [1.82, 2.24) is 0 Å². The molecule has 16 heavy (non-hydrogen) atoms. The molecule has 1 aromatic rings. The first kappa shape index (κ1) is 12.2.